The van der Waals surface area contributed by atoms with Crippen LogP contribution in [-0.4, -0.2) is 30.6 Å². The molecule has 1 aromatic carbocycles. The highest BCUT2D eigenvalue weighted by Gasteiger charge is 2.20. The van der Waals surface area contributed by atoms with Crippen molar-refractivity contribution in [3.05, 3.63) is 29.8 Å². The summed E-state index contributed by atoms with van der Waals surface area (Å²) in [7, 11) is 1.63. The molecule has 4 nitrogen and oxygen atoms in total. The fraction of sp³-hybridized carbons (Fsp3) is 0.364. The molecule has 0 saturated heterocycles. The van der Waals surface area contributed by atoms with Crippen LogP contribution >= 0.6 is 0 Å². The van der Waals surface area contributed by atoms with Crippen molar-refractivity contribution in [3.63, 3.8) is 0 Å². The molecule has 80 valence electrons. The summed E-state index contributed by atoms with van der Waals surface area (Å²) in [4.78, 5) is 5.03. The van der Waals surface area contributed by atoms with Crippen molar-refractivity contribution in [2.45, 2.75) is 12.5 Å². The zero-order valence-corrected chi connectivity index (χ0v) is 8.51. The fourth-order valence-electron chi connectivity index (χ4n) is 1.48. The molecule has 0 fully saturated rings. The molecule has 1 heterocycles. The SMILES string of the molecule is COc1ccc(C2=NOC(CO)C2)cc1. The summed E-state index contributed by atoms with van der Waals surface area (Å²) in [5.41, 5.74) is 1.88. The Bertz CT molecular complexity index is 359. The van der Waals surface area contributed by atoms with Crippen molar-refractivity contribution in [2.24, 2.45) is 5.16 Å². The van der Waals surface area contributed by atoms with Gasteiger partial charge in [-0.15, -0.1) is 0 Å². The average Bonchev–Trinajstić information content (AvgIpc) is 2.78. The normalized spacial score (nSPS) is 19.6. The van der Waals surface area contributed by atoms with E-state index in [9.17, 15) is 0 Å². The summed E-state index contributed by atoms with van der Waals surface area (Å²) in [6, 6.07) is 7.62. The van der Waals surface area contributed by atoms with Gasteiger partial charge >= 0.3 is 0 Å². The molecule has 1 aliphatic heterocycles. The number of nitrogens with zero attached hydrogens (tertiary/aromatic N) is 1. The molecule has 1 unspecified atom stereocenters. The lowest BCUT2D eigenvalue weighted by Crippen LogP contribution is -2.12. The standard InChI is InChI=1S/C11H13NO3/c1-14-9-4-2-8(3-5-9)11-6-10(7-13)15-12-11/h2-5,10,13H,6-7H2,1H3. The Morgan fingerprint density at radius 3 is 2.73 bits per heavy atom. The number of hydrogen-bond donors (Lipinski definition) is 1. The molecule has 0 aromatic heterocycles. The van der Waals surface area contributed by atoms with Crippen LogP contribution in [0.1, 0.15) is 12.0 Å². The predicted octanol–water partition coefficient (Wildman–Crippen LogP) is 1.18. The van der Waals surface area contributed by atoms with Gasteiger partial charge in [-0.25, -0.2) is 0 Å². The maximum Gasteiger partial charge on any atom is 0.156 e. The third-order valence-corrected chi connectivity index (χ3v) is 2.36. The smallest absolute Gasteiger partial charge is 0.156 e. The zero-order chi connectivity index (χ0) is 10.7. The van der Waals surface area contributed by atoms with E-state index in [2.05, 4.69) is 5.16 Å². The molecule has 1 aliphatic rings. The molecule has 0 spiro atoms. The molecule has 0 saturated carbocycles. The van der Waals surface area contributed by atoms with E-state index in [1.54, 1.807) is 7.11 Å². The number of rotatable bonds is 3. The highest BCUT2D eigenvalue weighted by atomic mass is 16.6. The van der Waals surface area contributed by atoms with Gasteiger partial charge in [-0.1, -0.05) is 5.16 Å². The van der Waals surface area contributed by atoms with Gasteiger partial charge in [0.05, 0.1) is 19.4 Å². The van der Waals surface area contributed by atoms with Crippen molar-refractivity contribution in [1.29, 1.82) is 0 Å². The van der Waals surface area contributed by atoms with Gasteiger partial charge in [-0.3, -0.25) is 0 Å². The maximum atomic E-state index is 8.89. The molecule has 15 heavy (non-hydrogen) atoms. The van der Waals surface area contributed by atoms with E-state index in [1.807, 2.05) is 24.3 Å². The second kappa shape index (κ2) is 4.31. The first-order valence-electron chi connectivity index (χ1n) is 4.81. The fourth-order valence-corrected chi connectivity index (χ4v) is 1.48. The highest BCUT2D eigenvalue weighted by Crippen LogP contribution is 2.18. The molecule has 2 rings (SSSR count). The Morgan fingerprint density at radius 1 is 1.47 bits per heavy atom. The molecule has 1 N–H and O–H groups in total. The van der Waals surface area contributed by atoms with E-state index < -0.39 is 0 Å². The molecule has 0 amide bonds. The van der Waals surface area contributed by atoms with Crippen LogP contribution in [0.25, 0.3) is 0 Å². The van der Waals surface area contributed by atoms with Crippen LogP contribution in [0.15, 0.2) is 29.4 Å². The monoisotopic (exact) mass is 207 g/mol. The van der Waals surface area contributed by atoms with Crippen molar-refractivity contribution in [2.75, 3.05) is 13.7 Å². The first kappa shape index (κ1) is 9.98. The van der Waals surface area contributed by atoms with Crippen molar-refractivity contribution >= 4 is 5.71 Å². The van der Waals surface area contributed by atoms with Crippen LogP contribution in [-0.2, 0) is 4.84 Å². The van der Waals surface area contributed by atoms with Gasteiger partial charge in [-0.05, 0) is 29.8 Å². The summed E-state index contributed by atoms with van der Waals surface area (Å²) >= 11 is 0. The van der Waals surface area contributed by atoms with E-state index in [4.69, 9.17) is 14.7 Å². The highest BCUT2D eigenvalue weighted by molar-refractivity contribution is 6.01. The van der Waals surface area contributed by atoms with Crippen LogP contribution in [0.5, 0.6) is 5.75 Å². The van der Waals surface area contributed by atoms with Gasteiger partial charge in [-0.2, -0.15) is 0 Å². The van der Waals surface area contributed by atoms with Gasteiger partial charge in [0, 0.05) is 6.42 Å². The molecule has 0 bridgehead atoms. The minimum Gasteiger partial charge on any atom is -0.497 e. The zero-order valence-electron chi connectivity index (χ0n) is 8.51. The van der Waals surface area contributed by atoms with Crippen LogP contribution in [0.3, 0.4) is 0 Å². The lowest BCUT2D eigenvalue weighted by molar-refractivity contribution is 0.0390. The lowest BCUT2D eigenvalue weighted by Gasteiger charge is -2.02. The Labute approximate surface area is 88.1 Å². The average molecular weight is 207 g/mol. The maximum absolute atomic E-state index is 8.89. The molecule has 0 aliphatic carbocycles. The van der Waals surface area contributed by atoms with Crippen LogP contribution in [0, 0.1) is 0 Å². The molecule has 4 heteroatoms. The largest absolute Gasteiger partial charge is 0.497 e. The van der Waals surface area contributed by atoms with Crippen molar-refractivity contribution in [1.82, 2.24) is 0 Å². The van der Waals surface area contributed by atoms with Crippen LogP contribution < -0.4 is 4.74 Å². The van der Waals surface area contributed by atoms with Gasteiger partial charge in [0.15, 0.2) is 6.10 Å². The van der Waals surface area contributed by atoms with Crippen molar-refractivity contribution < 1.29 is 14.7 Å². The van der Waals surface area contributed by atoms with E-state index in [-0.39, 0.29) is 12.7 Å². The molecule has 1 atom stereocenters. The number of hydrogen-bond acceptors (Lipinski definition) is 4. The van der Waals surface area contributed by atoms with Gasteiger partial charge < -0.3 is 14.7 Å². The van der Waals surface area contributed by atoms with E-state index in [0.717, 1.165) is 17.0 Å². The second-order valence-corrected chi connectivity index (χ2v) is 3.38. The van der Waals surface area contributed by atoms with Crippen LogP contribution in [0.4, 0.5) is 0 Å². The second-order valence-electron chi connectivity index (χ2n) is 3.38. The minimum atomic E-state index is -0.192. The van der Waals surface area contributed by atoms with Gasteiger partial charge in [0.25, 0.3) is 0 Å². The Kier molecular flexibility index (Phi) is 2.87. The topological polar surface area (TPSA) is 51.0 Å². The van der Waals surface area contributed by atoms with E-state index in [0.29, 0.717) is 6.42 Å². The summed E-state index contributed by atoms with van der Waals surface area (Å²) in [6.45, 7) is 0.00313. The molecular formula is C11H13NO3. The number of oxime groups is 1. The number of methoxy groups -OCH3 is 1. The molecule has 0 radical (unpaired) electrons. The number of aliphatic hydroxyl groups excluding tert-OH is 1. The summed E-state index contributed by atoms with van der Waals surface area (Å²) < 4.78 is 5.06. The van der Waals surface area contributed by atoms with E-state index in [1.165, 1.54) is 0 Å². The summed E-state index contributed by atoms with van der Waals surface area (Å²) in [6.07, 6.45) is 0.463. The number of ether oxygens (including phenoxy) is 1. The summed E-state index contributed by atoms with van der Waals surface area (Å²) in [5, 5.41) is 12.8. The Hall–Kier alpha value is -1.55. The Balaban J connectivity index is 2.10. The lowest BCUT2D eigenvalue weighted by atomic mass is 10.1. The third kappa shape index (κ3) is 2.10. The number of benzene rings is 1. The van der Waals surface area contributed by atoms with Crippen molar-refractivity contribution in [3.8, 4) is 5.75 Å². The minimum absolute atomic E-state index is 0.00313. The predicted molar refractivity (Wildman–Crippen MR) is 56.1 cm³/mol. The molecular weight excluding hydrogens is 194 g/mol. The quantitative estimate of drug-likeness (QED) is 0.809. The summed E-state index contributed by atoms with van der Waals surface area (Å²) in [5.74, 6) is 0.817. The van der Waals surface area contributed by atoms with E-state index >= 15 is 0 Å². The third-order valence-electron chi connectivity index (χ3n) is 2.36. The van der Waals surface area contributed by atoms with Crippen LogP contribution in [0.2, 0.25) is 0 Å². The molecule has 1 aromatic rings. The number of aliphatic hydroxyl groups is 1. The first-order valence-corrected chi connectivity index (χ1v) is 4.81. The Morgan fingerprint density at radius 2 is 2.20 bits per heavy atom. The van der Waals surface area contributed by atoms with Gasteiger partial charge in [0.2, 0.25) is 0 Å². The van der Waals surface area contributed by atoms with Gasteiger partial charge in [0.1, 0.15) is 5.75 Å². The first-order chi connectivity index (χ1) is 7.33.